The highest BCUT2D eigenvalue weighted by Crippen LogP contribution is 2.06. The second-order valence-corrected chi connectivity index (χ2v) is 5.47. The van der Waals surface area contributed by atoms with Gasteiger partial charge in [-0.15, -0.1) is 0 Å². The Morgan fingerprint density at radius 1 is 1.10 bits per heavy atom. The topological polar surface area (TPSA) is 42.9 Å². The second-order valence-electron chi connectivity index (χ2n) is 5.47. The van der Waals surface area contributed by atoms with Gasteiger partial charge in [-0.2, -0.15) is 0 Å². The van der Waals surface area contributed by atoms with Crippen molar-refractivity contribution in [3.8, 4) is 0 Å². The van der Waals surface area contributed by atoms with E-state index < -0.39 is 0 Å². The molecular formula is C15H33N5. The Hall–Kier alpha value is -0.810. The van der Waals surface area contributed by atoms with Gasteiger partial charge in [-0.25, -0.2) is 0 Å². The van der Waals surface area contributed by atoms with Crippen LogP contribution in [0.2, 0.25) is 0 Å². The Bertz CT molecular complexity index is 271. The maximum absolute atomic E-state index is 4.70. The molecule has 1 aliphatic heterocycles. The molecule has 0 radical (unpaired) electrons. The SMILES string of the molecule is CCCNC(=NCC(C)N1CCN(CC)CC1)NCC. The van der Waals surface area contributed by atoms with Crippen molar-refractivity contribution in [2.24, 2.45) is 4.99 Å². The van der Waals surface area contributed by atoms with E-state index in [-0.39, 0.29) is 0 Å². The average molecular weight is 283 g/mol. The Morgan fingerprint density at radius 2 is 1.80 bits per heavy atom. The molecule has 1 heterocycles. The number of likely N-dealkylation sites (N-methyl/N-ethyl adjacent to an activating group) is 1. The van der Waals surface area contributed by atoms with Crippen molar-refractivity contribution < 1.29 is 0 Å². The molecule has 5 heteroatoms. The van der Waals surface area contributed by atoms with Gasteiger partial charge in [-0.1, -0.05) is 13.8 Å². The molecule has 0 aromatic carbocycles. The Balaban J connectivity index is 2.37. The van der Waals surface area contributed by atoms with Crippen molar-refractivity contribution in [1.82, 2.24) is 20.4 Å². The number of aliphatic imine (C=N–C) groups is 1. The van der Waals surface area contributed by atoms with Crippen LogP contribution in [0.25, 0.3) is 0 Å². The number of nitrogens with one attached hydrogen (secondary N) is 2. The van der Waals surface area contributed by atoms with Crippen molar-refractivity contribution >= 4 is 5.96 Å². The summed E-state index contributed by atoms with van der Waals surface area (Å²) >= 11 is 0. The summed E-state index contributed by atoms with van der Waals surface area (Å²) < 4.78 is 0. The minimum atomic E-state index is 0.520. The molecule has 5 nitrogen and oxygen atoms in total. The first-order chi connectivity index (χ1) is 9.71. The smallest absolute Gasteiger partial charge is 0.191 e. The van der Waals surface area contributed by atoms with Gasteiger partial charge in [0, 0.05) is 45.3 Å². The van der Waals surface area contributed by atoms with Gasteiger partial charge in [-0.05, 0) is 26.8 Å². The van der Waals surface area contributed by atoms with Gasteiger partial charge in [-0.3, -0.25) is 9.89 Å². The first kappa shape index (κ1) is 17.2. The Kier molecular flexibility index (Phi) is 8.62. The summed E-state index contributed by atoms with van der Waals surface area (Å²) in [6.07, 6.45) is 1.12. The molecule has 0 spiro atoms. The fourth-order valence-electron chi connectivity index (χ4n) is 2.44. The lowest BCUT2D eigenvalue weighted by Crippen LogP contribution is -2.50. The summed E-state index contributed by atoms with van der Waals surface area (Å²) in [5.74, 6) is 0.952. The summed E-state index contributed by atoms with van der Waals surface area (Å²) in [6.45, 7) is 17.5. The molecule has 20 heavy (non-hydrogen) atoms. The van der Waals surface area contributed by atoms with Crippen molar-refractivity contribution in [3.05, 3.63) is 0 Å². The highest BCUT2D eigenvalue weighted by Gasteiger charge is 2.19. The summed E-state index contributed by atoms with van der Waals surface area (Å²) in [6, 6.07) is 0.520. The van der Waals surface area contributed by atoms with Gasteiger partial charge >= 0.3 is 0 Å². The van der Waals surface area contributed by atoms with Gasteiger partial charge in [0.15, 0.2) is 5.96 Å². The molecule has 0 saturated carbocycles. The van der Waals surface area contributed by atoms with Crippen LogP contribution in [0, 0.1) is 0 Å². The number of piperazine rings is 1. The fourth-order valence-corrected chi connectivity index (χ4v) is 2.44. The second kappa shape index (κ2) is 10.00. The highest BCUT2D eigenvalue weighted by molar-refractivity contribution is 5.79. The molecule has 1 rings (SSSR count). The molecule has 1 aliphatic rings. The molecule has 1 unspecified atom stereocenters. The van der Waals surface area contributed by atoms with E-state index >= 15 is 0 Å². The van der Waals surface area contributed by atoms with Crippen LogP contribution >= 0.6 is 0 Å². The number of nitrogens with zero attached hydrogens (tertiary/aromatic N) is 3. The van der Waals surface area contributed by atoms with E-state index in [2.05, 4.69) is 48.1 Å². The molecular weight excluding hydrogens is 250 g/mol. The summed E-state index contributed by atoms with van der Waals surface area (Å²) in [5, 5.41) is 6.66. The molecule has 1 fully saturated rings. The van der Waals surface area contributed by atoms with Crippen LogP contribution in [0.5, 0.6) is 0 Å². The van der Waals surface area contributed by atoms with E-state index in [9.17, 15) is 0 Å². The monoisotopic (exact) mass is 283 g/mol. The summed E-state index contributed by atoms with van der Waals surface area (Å²) in [7, 11) is 0. The van der Waals surface area contributed by atoms with Crippen molar-refractivity contribution in [2.45, 2.75) is 40.2 Å². The van der Waals surface area contributed by atoms with E-state index in [1.54, 1.807) is 0 Å². The Morgan fingerprint density at radius 3 is 2.35 bits per heavy atom. The third-order valence-corrected chi connectivity index (χ3v) is 3.88. The number of guanidine groups is 1. The van der Waals surface area contributed by atoms with Crippen LogP contribution in [-0.4, -0.2) is 74.2 Å². The van der Waals surface area contributed by atoms with Gasteiger partial charge < -0.3 is 15.5 Å². The lowest BCUT2D eigenvalue weighted by molar-refractivity contribution is 0.109. The normalized spacial score (nSPS) is 19.9. The molecule has 0 bridgehead atoms. The third kappa shape index (κ3) is 6.09. The fraction of sp³-hybridized carbons (Fsp3) is 0.933. The summed E-state index contributed by atoms with van der Waals surface area (Å²) in [5.41, 5.74) is 0. The predicted molar refractivity (Wildman–Crippen MR) is 87.4 cm³/mol. The van der Waals surface area contributed by atoms with Crippen LogP contribution < -0.4 is 10.6 Å². The van der Waals surface area contributed by atoms with Crippen LogP contribution in [0.15, 0.2) is 4.99 Å². The van der Waals surface area contributed by atoms with E-state index in [0.717, 1.165) is 32.0 Å². The van der Waals surface area contributed by atoms with Gasteiger partial charge in [0.1, 0.15) is 0 Å². The van der Waals surface area contributed by atoms with Crippen molar-refractivity contribution in [1.29, 1.82) is 0 Å². The van der Waals surface area contributed by atoms with Gasteiger partial charge in [0.25, 0.3) is 0 Å². The van der Waals surface area contributed by atoms with Crippen molar-refractivity contribution in [2.75, 3.05) is 52.4 Å². The van der Waals surface area contributed by atoms with Crippen molar-refractivity contribution in [3.63, 3.8) is 0 Å². The van der Waals surface area contributed by atoms with Crippen LogP contribution in [0.1, 0.15) is 34.1 Å². The van der Waals surface area contributed by atoms with Crippen LogP contribution in [0.4, 0.5) is 0 Å². The molecule has 0 amide bonds. The predicted octanol–water partition coefficient (Wildman–Crippen LogP) is 0.978. The average Bonchev–Trinajstić information content (AvgIpc) is 2.49. The first-order valence-electron chi connectivity index (χ1n) is 8.19. The maximum Gasteiger partial charge on any atom is 0.191 e. The number of hydrogen-bond acceptors (Lipinski definition) is 3. The minimum absolute atomic E-state index is 0.520. The number of hydrogen-bond donors (Lipinski definition) is 2. The zero-order chi connectivity index (χ0) is 14.8. The van der Waals surface area contributed by atoms with E-state index in [0.29, 0.717) is 6.04 Å². The highest BCUT2D eigenvalue weighted by atomic mass is 15.3. The zero-order valence-electron chi connectivity index (χ0n) is 13.8. The first-order valence-corrected chi connectivity index (χ1v) is 8.19. The van der Waals surface area contributed by atoms with E-state index in [1.165, 1.54) is 32.7 Å². The molecule has 1 atom stereocenters. The molecule has 0 aromatic rings. The molecule has 0 aliphatic carbocycles. The van der Waals surface area contributed by atoms with Crippen LogP contribution in [0.3, 0.4) is 0 Å². The molecule has 118 valence electrons. The Labute approximate surface area is 124 Å². The standard InChI is InChI=1S/C15H33N5/c1-5-8-17-15(16-6-2)18-13-14(4)20-11-9-19(7-3)10-12-20/h14H,5-13H2,1-4H3,(H2,16,17,18). The quantitative estimate of drug-likeness (QED) is 0.540. The largest absolute Gasteiger partial charge is 0.357 e. The van der Waals surface area contributed by atoms with Gasteiger partial charge in [0.2, 0.25) is 0 Å². The van der Waals surface area contributed by atoms with E-state index in [1.807, 2.05) is 0 Å². The minimum Gasteiger partial charge on any atom is -0.357 e. The maximum atomic E-state index is 4.70. The molecule has 2 N–H and O–H groups in total. The van der Waals surface area contributed by atoms with Crippen LogP contribution in [-0.2, 0) is 0 Å². The molecule has 1 saturated heterocycles. The third-order valence-electron chi connectivity index (χ3n) is 3.88. The lowest BCUT2D eigenvalue weighted by Gasteiger charge is -2.37. The number of rotatable bonds is 7. The molecule has 0 aromatic heterocycles. The van der Waals surface area contributed by atoms with E-state index in [4.69, 9.17) is 4.99 Å². The zero-order valence-corrected chi connectivity index (χ0v) is 13.8. The lowest BCUT2D eigenvalue weighted by atomic mass is 10.2. The summed E-state index contributed by atoms with van der Waals surface area (Å²) in [4.78, 5) is 9.77. The van der Waals surface area contributed by atoms with Gasteiger partial charge in [0.05, 0.1) is 6.54 Å².